The quantitative estimate of drug-likeness (QED) is 0.811. The summed E-state index contributed by atoms with van der Waals surface area (Å²) in [5, 5.41) is 8.56. The number of aliphatic hydroxyl groups excluding tert-OH is 1. The van der Waals surface area contributed by atoms with Gasteiger partial charge in [-0.05, 0) is 18.2 Å². The summed E-state index contributed by atoms with van der Waals surface area (Å²) in [5.74, 6) is 3.39. The highest BCUT2D eigenvalue weighted by Crippen LogP contribution is 2.12. The first-order valence-corrected chi connectivity index (χ1v) is 8.13. The van der Waals surface area contributed by atoms with Gasteiger partial charge in [-0.25, -0.2) is 12.8 Å². The number of hydrogen-bond donors (Lipinski definition) is 1. The summed E-state index contributed by atoms with van der Waals surface area (Å²) in [5.41, 5.74) is 0.192. The van der Waals surface area contributed by atoms with Crippen molar-refractivity contribution in [3.63, 3.8) is 0 Å². The van der Waals surface area contributed by atoms with Crippen molar-refractivity contribution in [3.05, 3.63) is 35.1 Å². The molecule has 0 heterocycles. The number of rotatable bonds is 4. The maximum atomic E-state index is 13.9. The van der Waals surface area contributed by atoms with Gasteiger partial charge in [-0.15, -0.1) is 0 Å². The molecule has 21 heavy (non-hydrogen) atoms. The highest BCUT2D eigenvalue weighted by molar-refractivity contribution is 7.90. The fraction of sp³-hybridized carbons (Fsp3) is 0.357. The number of sulfone groups is 1. The topological polar surface area (TPSA) is 74.7 Å². The van der Waals surface area contributed by atoms with Crippen molar-refractivity contribution in [3.8, 4) is 11.8 Å². The van der Waals surface area contributed by atoms with Crippen molar-refractivity contribution in [1.29, 1.82) is 0 Å². The van der Waals surface area contributed by atoms with Crippen LogP contribution >= 0.6 is 0 Å². The average Bonchev–Trinajstić information content (AvgIpc) is 2.41. The van der Waals surface area contributed by atoms with E-state index in [0.29, 0.717) is 5.56 Å². The molecule has 7 heteroatoms. The Morgan fingerprint density at radius 3 is 2.62 bits per heavy atom. The minimum atomic E-state index is -3.19. The first-order chi connectivity index (χ1) is 9.74. The number of hydrogen-bond acceptors (Lipinski definition) is 4. The van der Waals surface area contributed by atoms with Crippen LogP contribution in [0.5, 0.6) is 0 Å². The lowest BCUT2D eigenvalue weighted by Crippen LogP contribution is -2.32. The molecular formula is C14H16FNO4S. The predicted octanol–water partition coefficient (Wildman–Crippen LogP) is 0.286. The van der Waals surface area contributed by atoms with Gasteiger partial charge in [0.05, 0.1) is 11.3 Å². The number of carbonyl (C=O) groups is 1. The molecule has 0 unspecified atom stereocenters. The Hall–Kier alpha value is -1.91. The molecule has 0 bridgehead atoms. The van der Waals surface area contributed by atoms with Crippen molar-refractivity contribution < 1.29 is 22.7 Å². The maximum absolute atomic E-state index is 13.9. The summed E-state index contributed by atoms with van der Waals surface area (Å²) < 4.78 is 36.0. The lowest BCUT2D eigenvalue weighted by atomic mass is 10.1. The Morgan fingerprint density at radius 1 is 1.43 bits per heavy atom. The van der Waals surface area contributed by atoms with Crippen LogP contribution in [0, 0.1) is 17.7 Å². The molecule has 0 spiro atoms. The normalized spacial score (nSPS) is 10.7. The SMILES string of the molecule is CN(CCS(C)(=O)=O)C(=O)c1ccc(C#CCO)cc1F. The first-order valence-electron chi connectivity index (χ1n) is 6.07. The minimum Gasteiger partial charge on any atom is -0.384 e. The number of nitrogens with zero attached hydrogens (tertiary/aromatic N) is 1. The van der Waals surface area contributed by atoms with Crippen LogP contribution in [0.15, 0.2) is 18.2 Å². The van der Waals surface area contributed by atoms with Crippen LogP contribution in [0.3, 0.4) is 0 Å². The van der Waals surface area contributed by atoms with E-state index in [1.54, 1.807) is 0 Å². The molecule has 0 aliphatic heterocycles. The van der Waals surface area contributed by atoms with E-state index in [1.807, 2.05) is 0 Å². The third kappa shape index (κ3) is 5.53. The summed E-state index contributed by atoms with van der Waals surface area (Å²) in [6.07, 6.45) is 1.07. The van der Waals surface area contributed by atoms with Crippen LogP contribution in [-0.4, -0.2) is 56.5 Å². The second-order valence-corrected chi connectivity index (χ2v) is 6.77. The molecule has 114 valence electrons. The Morgan fingerprint density at radius 2 is 2.10 bits per heavy atom. The van der Waals surface area contributed by atoms with Crippen molar-refractivity contribution in [2.75, 3.05) is 32.2 Å². The standard InChI is InChI=1S/C14H16FNO4S/c1-16(7-9-21(2,19)20)14(18)12-6-5-11(4-3-8-17)10-13(12)15/h5-6,10,17H,7-9H2,1-2H3. The summed E-state index contributed by atoms with van der Waals surface area (Å²) >= 11 is 0. The highest BCUT2D eigenvalue weighted by atomic mass is 32.2. The van der Waals surface area contributed by atoms with Crippen molar-refractivity contribution >= 4 is 15.7 Å². The number of benzene rings is 1. The lowest BCUT2D eigenvalue weighted by Gasteiger charge is -2.17. The van der Waals surface area contributed by atoms with E-state index in [-0.39, 0.29) is 24.5 Å². The van der Waals surface area contributed by atoms with E-state index in [2.05, 4.69) is 11.8 Å². The molecule has 0 aliphatic rings. The fourth-order valence-electron chi connectivity index (χ4n) is 1.52. The first kappa shape index (κ1) is 17.1. The van der Waals surface area contributed by atoms with Crippen molar-refractivity contribution in [2.45, 2.75) is 0 Å². The molecule has 1 rings (SSSR count). The lowest BCUT2D eigenvalue weighted by molar-refractivity contribution is 0.0799. The van der Waals surface area contributed by atoms with E-state index in [9.17, 15) is 17.6 Å². The van der Waals surface area contributed by atoms with Gasteiger partial charge >= 0.3 is 0 Å². The van der Waals surface area contributed by atoms with E-state index in [0.717, 1.165) is 17.2 Å². The van der Waals surface area contributed by atoms with Gasteiger partial charge in [-0.3, -0.25) is 4.79 Å². The predicted molar refractivity (Wildman–Crippen MR) is 77.0 cm³/mol. The van der Waals surface area contributed by atoms with Gasteiger partial charge in [0.1, 0.15) is 22.3 Å². The zero-order valence-electron chi connectivity index (χ0n) is 11.8. The van der Waals surface area contributed by atoms with E-state index in [1.165, 1.54) is 19.2 Å². The smallest absolute Gasteiger partial charge is 0.256 e. The third-order valence-electron chi connectivity index (χ3n) is 2.66. The average molecular weight is 313 g/mol. The molecule has 0 fully saturated rings. The van der Waals surface area contributed by atoms with Crippen molar-refractivity contribution in [2.24, 2.45) is 0 Å². The molecule has 1 amide bonds. The monoisotopic (exact) mass is 313 g/mol. The van der Waals surface area contributed by atoms with Crippen LogP contribution in [0.2, 0.25) is 0 Å². The summed E-state index contributed by atoms with van der Waals surface area (Å²) in [6.45, 7) is -0.348. The maximum Gasteiger partial charge on any atom is 0.256 e. The van der Waals surface area contributed by atoms with Gasteiger partial charge in [0, 0.05) is 25.4 Å². The molecule has 1 aromatic carbocycles. The van der Waals surface area contributed by atoms with Crippen LogP contribution in [0.1, 0.15) is 15.9 Å². The Kier molecular flexibility index (Phi) is 5.88. The Bertz CT molecular complexity index is 689. The van der Waals surface area contributed by atoms with Crippen molar-refractivity contribution in [1.82, 2.24) is 4.90 Å². The molecular weight excluding hydrogens is 297 g/mol. The molecule has 0 aromatic heterocycles. The minimum absolute atomic E-state index is 0.0107. The van der Waals surface area contributed by atoms with E-state index < -0.39 is 21.6 Å². The Balaban J connectivity index is 2.87. The fourth-order valence-corrected chi connectivity index (χ4v) is 2.12. The van der Waals surface area contributed by atoms with Gasteiger partial charge < -0.3 is 10.0 Å². The zero-order chi connectivity index (χ0) is 16.0. The summed E-state index contributed by atoms with van der Waals surface area (Å²) in [4.78, 5) is 13.2. The van der Waals surface area contributed by atoms with E-state index in [4.69, 9.17) is 5.11 Å². The van der Waals surface area contributed by atoms with Gasteiger partial charge in [-0.2, -0.15) is 0 Å². The molecule has 5 nitrogen and oxygen atoms in total. The molecule has 1 aromatic rings. The summed E-state index contributed by atoms with van der Waals surface area (Å²) in [6, 6.07) is 3.85. The number of aliphatic hydroxyl groups is 1. The highest BCUT2D eigenvalue weighted by Gasteiger charge is 2.17. The summed E-state index contributed by atoms with van der Waals surface area (Å²) in [7, 11) is -1.78. The van der Waals surface area contributed by atoms with Gasteiger partial charge in [0.25, 0.3) is 5.91 Å². The van der Waals surface area contributed by atoms with E-state index >= 15 is 0 Å². The van der Waals surface area contributed by atoms with Crippen LogP contribution in [0.25, 0.3) is 0 Å². The van der Waals surface area contributed by atoms with Gasteiger partial charge in [-0.1, -0.05) is 11.8 Å². The number of carbonyl (C=O) groups excluding carboxylic acids is 1. The Labute approximate surface area is 123 Å². The molecule has 0 atom stereocenters. The largest absolute Gasteiger partial charge is 0.384 e. The molecule has 0 saturated heterocycles. The molecule has 1 N–H and O–H groups in total. The zero-order valence-corrected chi connectivity index (χ0v) is 12.6. The molecule has 0 radical (unpaired) electrons. The second kappa shape index (κ2) is 7.20. The van der Waals surface area contributed by atoms with Gasteiger partial charge in [0.15, 0.2) is 0 Å². The number of amides is 1. The van der Waals surface area contributed by atoms with Crippen LogP contribution < -0.4 is 0 Å². The van der Waals surface area contributed by atoms with Crippen LogP contribution in [0.4, 0.5) is 4.39 Å². The van der Waals surface area contributed by atoms with Gasteiger partial charge in [0.2, 0.25) is 0 Å². The number of halogens is 1. The third-order valence-corrected chi connectivity index (χ3v) is 3.58. The van der Waals surface area contributed by atoms with Crippen LogP contribution in [-0.2, 0) is 9.84 Å². The second-order valence-electron chi connectivity index (χ2n) is 4.51. The molecule has 0 aliphatic carbocycles. The molecule has 0 saturated carbocycles.